The number of hydrogen-bond donors (Lipinski definition) is 1. The predicted octanol–water partition coefficient (Wildman–Crippen LogP) is 2.94. The number of benzene rings is 1. The van der Waals surface area contributed by atoms with Crippen LogP contribution in [0.1, 0.15) is 45.6 Å². The molecular formula is C17H26N2O. The van der Waals surface area contributed by atoms with E-state index < -0.39 is 5.54 Å². The Labute approximate surface area is 122 Å². The van der Waals surface area contributed by atoms with E-state index >= 15 is 0 Å². The molecule has 2 unspecified atom stereocenters. The first-order chi connectivity index (χ1) is 9.45. The van der Waals surface area contributed by atoms with Crippen molar-refractivity contribution in [3.63, 3.8) is 0 Å². The Balaban J connectivity index is 2.18. The van der Waals surface area contributed by atoms with Gasteiger partial charge in [-0.05, 0) is 44.6 Å². The summed E-state index contributed by atoms with van der Waals surface area (Å²) in [4.78, 5) is 14.8. The molecule has 0 heterocycles. The van der Waals surface area contributed by atoms with Crippen molar-refractivity contribution in [1.82, 2.24) is 4.90 Å². The molecule has 2 rings (SSSR count). The molecule has 1 amide bonds. The van der Waals surface area contributed by atoms with Gasteiger partial charge in [-0.1, -0.05) is 37.3 Å². The van der Waals surface area contributed by atoms with Gasteiger partial charge in [-0.3, -0.25) is 4.79 Å². The van der Waals surface area contributed by atoms with E-state index in [-0.39, 0.29) is 11.9 Å². The van der Waals surface area contributed by atoms with Crippen LogP contribution in [0.5, 0.6) is 0 Å². The van der Waals surface area contributed by atoms with E-state index in [9.17, 15) is 4.79 Å². The number of hydrogen-bond acceptors (Lipinski definition) is 2. The van der Waals surface area contributed by atoms with Crippen molar-refractivity contribution in [2.24, 2.45) is 11.7 Å². The van der Waals surface area contributed by atoms with Crippen molar-refractivity contribution in [2.75, 3.05) is 0 Å². The van der Waals surface area contributed by atoms with Crippen molar-refractivity contribution in [3.8, 4) is 0 Å². The van der Waals surface area contributed by atoms with Crippen LogP contribution in [0.3, 0.4) is 0 Å². The first-order valence-corrected chi connectivity index (χ1v) is 7.59. The second-order valence-corrected chi connectivity index (χ2v) is 6.27. The van der Waals surface area contributed by atoms with Gasteiger partial charge in [-0.25, -0.2) is 0 Å². The lowest BCUT2D eigenvalue weighted by Crippen LogP contribution is -2.55. The predicted molar refractivity (Wildman–Crippen MR) is 82.1 cm³/mol. The Morgan fingerprint density at radius 3 is 2.50 bits per heavy atom. The standard InChI is InChI=1S/C17H26N2O/c1-4-17(3,18)16(20)19(13(2)15-10-11-15)12-14-8-6-5-7-9-14/h5-9,13,15H,4,10-12,18H2,1-3H3. The van der Waals surface area contributed by atoms with Crippen LogP contribution in [0.2, 0.25) is 0 Å². The van der Waals surface area contributed by atoms with Gasteiger partial charge in [0.05, 0.1) is 5.54 Å². The lowest BCUT2D eigenvalue weighted by Gasteiger charge is -2.35. The summed E-state index contributed by atoms with van der Waals surface area (Å²) in [5.74, 6) is 0.721. The monoisotopic (exact) mass is 274 g/mol. The average Bonchev–Trinajstić information content (AvgIpc) is 3.29. The summed E-state index contributed by atoms with van der Waals surface area (Å²) in [6.07, 6.45) is 3.12. The fraction of sp³-hybridized carbons (Fsp3) is 0.588. The quantitative estimate of drug-likeness (QED) is 0.867. The minimum Gasteiger partial charge on any atom is -0.334 e. The minimum atomic E-state index is -0.766. The zero-order valence-corrected chi connectivity index (χ0v) is 12.8. The summed E-state index contributed by atoms with van der Waals surface area (Å²) < 4.78 is 0. The third-order valence-corrected chi connectivity index (χ3v) is 4.48. The molecule has 3 nitrogen and oxygen atoms in total. The molecule has 1 saturated carbocycles. The van der Waals surface area contributed by atoms with E-state index in [1.54, 1.807) is 0 Å². The fourth-order valence-electron chi connectivity index (χ4n) is 2.49. The van der Waals surface area contributed by atoms with Crippen LogP contribution < -0.4 is 5.73 Å². The van der Waals surface area contributed by atoms with Crippen molar-refractivity contribution >= 4 is 5.91 Å². The Morgan fingerprint density at radius 1 is 1.40 bits per heavy atom. The number of nitrogens with two attached hydrogens (primary N) is 1. The van der Waals surface area contributed by atoms with E-state index in [1.807, 2.05) is 36.9 Å². The molecule has 0 aliphatic heterocycles. The maximum absolute atomic E-state index is 12.8. The molecule has 1 fully saturated rings. The Kier molecular flexibility index (Phi) is 4.48. The van der Waals surface area contributed by atoms with E-state index in [2.05, 4.69) is 19.1 Å². The van der Waals surface area contributed by atoms with Crippen molar-refractivity contribution < 1.29 is 4.79 Å². The summed E-state index contributed by atoms with van der Waals surface area (Å²) in [7, 11) is 0. The number of rotatable bonds is 6. The van der Waals surface area contributed by atoms with Gasteiger partial charge in [0.2, 0.25) is 5.91 Å². The first kappa shape index (κ1) is 15.0. The lowest BCUT2D eigenvalue weighted by molar-refractivity contribution is -0.139. The van der Waals surface area contributed by atoms with Gasteiger partial charge >= 0.3 is 0 Å². The van der Waals surface area contributed by atoms with Crippen LogP contribution in [-0.4, -0.2) is 22.4 Å². The molecule has 0 radical (unpaired) electrons. The summed E-state index contributed by atoms with van der Waals surface area (Å²) in [5, 5.41) is 0. The van der Waals surface area contributed by atoms with Gasteiger partial charge in [0.25, 0.3) is 0 Å². The normalized spacial score (nSPS) is 19.2. The molecule has 0 spiro atoms. The third kappa shape index (κ3) is 3.40. The number of nitrogens with zero attached hydrogens (tertiary/aromatic N) is 1. The average molecular weight is 274 g/mol. The van der Waals surface area contributed by atoms with Gasteiger partial charge in [0.1, 0.15) is 0 Å². The van der Waals surface area contributed by atoms with Crippen molar-refractivity contribution in [3.05, 3.63) is 35.9 Å². The smallest absolute Gasteiger partial charge is 0.242 e. The summed E-state index contributed by atoms with van der Waals surface area (Å²) in [5.41, 5.74) is 6.58. The highest BCUT2D eigenvalue weighted by Gasteiger charge is 2.39. The van der Waals surface area contributed by atoms with E-state index in [1.165, 1.54) is 18.4 Å². The molecule has 1 aromatic rings. The lowest BCUT2D eigenvalue weighted by atomic mass is 9.96. The molecule has 1 aromatic carbocycles. The molecule has 2 atom stereocenters. The topological polar surface area (TPSA) is 46.3 Å². The Hall–Kier alpha value is -1.35. The molecule has 0 bridgehead atoms. The zero-order chi connectivity index (χ0) is 14.8. The second kappa shape index (κ2) is 5.96. The van der Waals surface area contributed by atoms with E-state index in [0.29, 0.717) is 18.9 Å². The number of amides is 1. The van der Waals surface area contributed by atoms with Crippen LogP contribution in [0.15, 0.2) is 30.3 Å². The zero-order valence-electron chi connectivity index (χ0n) is 12.8. The van der Waals surface area contributed by atoms with Gasteiger partial charge in [-0.2, -0.15) is 0 Å². The molecule has 1 aliphatic carbocycles. The highest BCUT2D eigenvalue weighted by molar-refractivity contribution is 5.86. The largest absolute Gasteiger partial charge is 0.334 e. The fourth-order valence-corrected chi connectivity index (χ4v) is 2.49. The maximum atomic E-state index is 12.8. The molecule has 20 heavy (non-hydrogen) atoms. The van der Waals surface area contributed by atoms with Crippen LogP contribution in [-0.2, 0) is 11.3 Å². The highest BCUT2D eigenvalue weighted by Crippen LogP contribution is 2.36. The van der Waals surface area contributed by atoms with Crippen LogP contribution >= 0.6 is 0 Å². The highest BCUT2D eigenvalue weighted by atomic mass is 16.2. The van der Waals surface area contributed by atoms with Gasteiger partial charge in [0.15, 0.2) is 0 Å². The molecular weight excluding hydrogens is 248 g/mol. The molecule has 0 aromatic heterocycles. The molecule has 3 heteroatoms. The number of carbonyl (C=O) groups excluding carboxylic acids is 1. The van der Waals surface area contributed by atoms with Crippen LogP contribution in [0.4, 0.5) is 0 Å². The van der Waals surface area contributed by atoms with Crippen molar-refractivity contribution in [1.29, 1.82) is 0 Å². The van der Waals surface area contributed by atoms with Crippen LogP contribution in [0, 0.1) is 5.92 Å². The first-order valence-electron chi connectivity index (χ1n) is 7.59. The SMILES string of the molecule is CCC(C)(N)C(=O)N(Cc1ccccc1)C(C)C1CC1. The molecule has 0 saturated heterocycles. The summed E-state index contributed by atoms with van der Waals surface area (Å²) in [6, 6.07) is 10.4. The summed E-state index contributed by atoms with van der Waals surface area (Å²) in [6.45, 7) is 6.63. The van der Waals surface area contributed by atoms with E-state index in [4.69, 9.17) is 5.73 Å². The van der Waals surface area contributed by atoms with E-state index in [0.717, 1.165) is 0 Å². The van der Waals surface area contributed by atoms with Gasteiger partial charge in [0, 0.05) is 12.6 Å². The Morgan fingerprint density at radius 2 is 2.00 bits per heavy atom. The Bertz CT molecular complexity index is 451. The van der Waals surface area contributed by atoms with Gasteiger partial charge < -0.3 is 10.6 Å². The van der Waals surface area contributed by atoms with Gasteiger partial charge in [-0.15, -0.1) is 0 Å². The number of carbonyl (C=O) groups is 1. The molecule has 110 valence electrons. The molecule has 2 N–H and O–H groups in total. The second-order valence-electron chi connectivity index (χ2n) is 6.27. The minimum absolute atomic E-state index is 0.0725. The summed E-state index contributed by atoms with van der Waals surface area (Å²) >= 11 is 0. The molecule has 1 aliphatic rings. The third-order valence-electron chi connectivity index (χ3n) is 4.48. The van der Waals surface area contributed by atoms with Crippen LogP contribution in [0.25, 0.3) is 0 Å². The van der Waals surface area contributed by atoms with Crippen molar-refractivity contribution in [2.45, 2.75) is 58.2 Å². The maximum Gasteiger partial charge on any atom is 0.242 e.